The van der Waals surface area contributed by atoms with Gasteiger partial charge in [0.25, 0.3) is 10.0 Å². The number of nitrogens with zero attached hydrogens (tertiary/aromatic N) is 3. The molecule has 0 amide bonds. The Balaban J connectivity index is 2.21. The van der Waals surface area contributed by atoms with Crippen molar-refractivity contribution in [1.29, 1.82) is 10.5 Å². The second kappa shape index (κ2) is 9.55. The Hall–Kier alpha value is -4.28. The molecule has 0 unspecified atom stereocenters. The fraction of sp³-hybridized carbons (Fsp3) is 0.214. The highest BCUT2D eigenvalue weighted by molar-refractivity contribution is 7.92. The van der Waals surface area contributed by atoms with Gasteiger partial charge in [-0.3, -0.25) is 4.31 Å². The number of aryl methyl sites for hydroxylation is 1. The second-order valence-corrected chi connectivity index (χ2v) is 10.6. The van der Waals surface area contributed by atoms with Gasteiger partial charge < -0.3 is 4.74 Å². The summed E-state index contributed by atoms with van der Waals surface area (Å²) in [5, 5.41) is 20.9. The third kappa shape index (κ3) is 4.07. The topological polar surface area (TPSA) is 94.2 Å². The third-order valence-electron chi connectivity index (χ3n) is 6.71. The van der Waals surface area contributed by atoms with Crippen molar-refractivity contribution in [2.45, 2.75) is 30.0 Å². The molecule has 194 valence electrons. The number of benzene rings is 3. The quantitative estimate of drug-likeness (QED) is 0.357. The number of fused-ring (bicyclic) bond motifs is 1. The summed E-state index contributed by atoms with van der Waals surface area (Å²) < 4.78 is 77.4. The summed E-state index contributed by atoms with van der Waals surface area (Å²) in [4.78, 5) is -0.215. The summed E-state index contributed by atoms with van der Waals surface area (Å²) in [6.45, 7) is 5.50. The molecule has 6 nitrogen and oxygen atoms in total. The minimum absolute atomic E-state index is 0.0158. The van der Waals surface area contributed by atoms with Crippen molar-refractivity contribution in [3.63, 3.8) is 0 Å². The lowest BCUT2D eigenvalue weighted by Gasteiger charge is -2.48. The first-order chi connectivity index (χ1) is 18.0. The molecule has 0 fully saturated rings. The fourth-order valence-corrected chi connectivity index (χ4v) is 6.58. The van der Waals surface area contributed by atoms with Crippen LogP contribution >= 0.6 is 0 Å². The highest BCUT2D eigenvalue weighted by atomic mass is 32.2. The number of anilines is 1. The number of alkyl halides is 3. The summed E-state index contributed by atoms with van der Waals surface area (Å²) >= 11 is 0. The van der Waals surface area contributed by atoms with E-state index in [1.54, 1.807) is 19.1 Å². The zero-order valence-corrected chi connectivity index (χ0v) is 21.2. The molecule has 0 aliphatic carbocycles. The van der Waals surface area contributed by atoms with E-state index in [9.17, 15) is 32.1 Å². The standard InChI is InChI=1S/C28H22F3N3O3S/c1-4-23-21-14-11-19(37-3)15-25(21)34(38(35,36)20-12-9-18(2)10-13-20)26(27(23,16-32)17-33)22-7-5-6-8-24(22)28(29,30)31/h4-15,23,26H,1H2,2-3H3/t23-,26-/m1/s1. The van der Waals surface area contributed by atoms with E-state index in [4.69, 9.17) is 4.74 Å². The van der Waals surface area contributed by atoms with Crippen LogP contribution in [0.3, 0.4) is 0 Å². The summed E-state index contributed by atoms with van der Waals surface area (Å²) in [5.41, 5.74) is -3.00. The first-order valence-electron chi connectivity index (χ1n) is 11.4. The summed E-state index contributed by atoms with van der Waals surface area (Å²) in [6.07, 6.45) is -3.61. The van der Waals surface area contributed by atoms with Gasteiger partial charge in [0.05, 0.1) is 35.4 Å². The van der Waals surface area contributed by atoms with Gasteiger partial charge in [-0.15, -0.1) is 6.58 Å². The number of ether oxygens (including phenoxy) is 1. The van der Waals surface area contributed by atoms with Gasteiger partial charge in [-0.2, -0.15) is 23.7 Å². The van der Waals surface area contributed by atoms with Crippen LogP contribution in [-0.2, 0) is 16.2 Å². The Morgan fingerprint density at radius 3 is 2.21 bits per heavy atom. The SMILES string of the molecule is C=C[C@@H]1c2ccc(OC)cc2N(S(=O)(=O)c2ccc(C)cc2)[C@H](c2ccccc2C(F)(F)F)C1(C#N)C#N. The van der Waals surface area contributed by atoms with Gasteiger partial charge in [0, 0.05) is 12.0 Å². The van der Waals surface area contributed by atoms with E-state index >= 15 is 0 Å². The highest BCUT2D eigenvalue weighted by Gasteiger charge is 2.58. The van der Waals surface area contributed by atoms with Gasteiger partial charge in [0.15, 0.2) is 5.41 Å². The molecule has 0 spiro atoms. The van der Waals surface area contributed by atoms with E-state index in [1.807, 2.05) is 12.1 Å². The lowest BCUT2D eigenvalue weighted by atomic mass is 9.64. The van der Waals surface area contributed by atoms with Gasteiger partial charge in [-0.25, -0.2) is 8.42 Å². The van der Waals surface area contributed by atoms with E-state index in [1.165, 1.54) is 49.6 Å². The number of sulfonamides is 1. The summed E-state index contributed by atoms with van der Waals surface area (Å²) in [7, 11) is -3.26. The lowest BCUT2D eigenvalue weighted by Crippen LogP contribution is -2.50. The molecular weight excluding hydrogens is 515 g/mol. The molecule has 0 aromatic heterocycles. The molecule has 0 saturated heterocycles. The van der Waals surface area contributed by atoms with Crippen LogP contribution in [0.25, 0.3) is 0 Å². The Bertz CT molecular complexity index is 1570. The Morgan fingerprint density at radius 2 is 1.66 bits per heavy atom. The third-order valence-corrected chi connectivity index (χ3v) is 8.50. The molecule has 0 bridgehead atoms. The monoisotopic (exact) mass is 537 g/mol. The van der Waals surface area contributed by atoms with E-state index in [0.717, 1.165) is 28.1 Å². The van der Waals surface area contributed by atoms with E-state index in [-0.39, 0.29) is 21.9 Å². The van der Waals surface area contributed by atoms with Crippen molar-refractivity contribution in [2.24, 2.45) is 5.41 Å². The van der Waals surface area contributed by atoms with Crippen LogP contribution in [0.2, 0.25) is 0 Å². The molecule has 0 radical (unpaired) electrons. The number of allylic oxidation sites excluding steroid dienone is 1. The number of methoxy groups -OCH3 is 1. The van der Waals surface area contributed by atoms with Crippen LogP contribution in [0.15, 0.2) is 84.3 Å². The minimum Gasteiger partial charge on any atom is -0.497 e. The largest absolute Gasteiger partial charge is 0.497 e. The number of hydrogen-bond acceptors (Lipinski definition) is 5. The molecular formula is C28H22F3N3O3S. The van der Waals surface area contributed by atoms with Gasteiger partial charge in [0.1, 0.15) is 11.8 Å². The fourth-order valence-electron chi connectivity index (χ4n) is 4.90. The molecule has 4 rings (SSSR count). The van der Waals surface area contributed by atoms with Crippen LogP contribution in [0.4, 0.5) is 18.9 Å². The Morgan fingerprint density at radius 1 is 1.03 bits per heavy atom. The zero-order valence-electron chi connectivity index (χ0n) is 20.4. The van der Waals surface area contributed by atoms with E-state index in [2.05, 4.69) is 6.58 Å². The van der Waals surface area contributed by atoms with Crippen LogP contribution in [0.5, 0.6) is 5.75 Å². The molecule has 1 heterocycles. The van der Waals surface area contributed by atoms with Crippen LogP contribution in [0, 0.1) is 35.0 Å². The van der Waals surface area contributed by atoms with Gasteiger partial charge in [-0.05, 0) is 42.3 Å². The lowest BCUT2D eigenvalue weighted by molar-refractivity contribution is -0.138. The Labute approximate surface area is 218 Å². The minimum atomic E-state index is -4.90. The van der Waals surface area contributed by atoms with Crippen molar-refractivity contribution in [3.8, 4) is 17.9 Å². The van der Waals surface area contributed by atoms with Crippen molar-refractivity contribution >= 4 is 15.7 Å². The maximum Gasteiger partial charge on any atom is 0.416 e. The predicted octanol–water partition coefficient (Wildman–Crippen LogP) is 6.28. The Kier molecular flexibility index (Phi) is 6.73. The van der Waals surface area contributed by atoms with Gasteiger partial charge in [-0.1, -0.05) is 48.0 Å². The van der Waals surface area contributed by atoms with Gasteiger partial charge in [0.2, 0.25) is 0 Å². The molecule has 0 saturated carbocycles. The van der Waals surface area contributed by atoms with Crippen molar-refractivity contribution < 1.29 is 26.3 Å². The molecule has 3 aromatic carbocycles. The number of nitriles is 2. The number of rotatable bonds is 5. The van der Waals surface area contributed by atoms with Crippen molar-refractivity contribution in [3.05, 3.63) is 102 Å². The first-order valence-corrected chi connectivity index (χ1v) is 12.8. The smallest absolute Gasteiger partial charge is 0.416 e. The van der Waals surface area contributed by atoms with Crippen molar-refractivity contribution in [1.82, 2.24) is 0 Å². The summed E-state index contributed by atoms with van der Waals surface area (Å²) in [5.74, 6) is -0.894. The van der Waals surface area contributed by atoms with Crippen LogP contribution < -0.4 is 9.04 Å². The average molecular weight is 538 g/mol. The highest BCUT2D eigenvalue weighted by Crippen LogP contribution is 2.59. The van der Waals surface area contributed by atoms with Crippen molar-refractivity contribution in [2.75, 3.05) is 11.4 Å². The summed E-state index contributed by atoms with van der Waals surface area (Å²) in [6, 6.07) is 16.4. The maximum atomic E-state index is 14.3. The zero-order chi connectivity index (χ0) is 27.9. The molecule has 1 aliphatic heterocycles. The molecule has 0 N–H and O–H groups in total. The molecule has 3 aromatic rings. The molecule has 1 aliphatic rings. The number of halogens is 3. The average Bonchev–Trinajstić information content (AvgIpc) is 2.90. The predicted molar refractivity (Wildman–Crippen MR) is 135 cm³/mol. The first kappa shape index (κ1) is 26.8. The second-order valence-electron chi connectivity index (χ2n) is 8.83. The van der Waals surface area contributed by atoms with Crippen LogP contribution in [0.1, 0.15) is 34.2 Å². The number of hydrogen-bond donors (Lipinski definition) is 0. The maximum absolute atomic E-state index is 14.3. The van der Waals surface area contributed by atoms with E-state index < -0.39 is 44.7 Å². The molecule has 38 heavy (non-hydrogen) atoms. The van der Waals surface area contributed by atoms with Gasteiger partial charge >= 0.3 is 6.18 Å². The van der Waals surface area contributed by atoms with Crippen LogP contribution in [-0.4, -0.2) is 15.5 Å². The molecule has 2 atom stereocenters. The normalized spacial score (nSPS) is 18.6. The molecule has 10 heteroatoms. The van der Waals surface area contributed by atoms with E-state index in [0.29, 0.717) is 0 Å².